The lowest BCUT2D eigenvalue weighted by Gasteiger charge is -2.25. The number of hydrogen-bond acceptors (Lipinski definition) is 4. The summed E-state index contributed by atoms with van der Waals surface area (Å²) in [5.74, 6) is 1.40. The van der Waals surface area contributed by atoms with E-state index in [9.17, 15) is 4.79 Å². The molecule has 1 aromatic rings. The van der Waals surface area contributed by atoms with E-state index >= 15 is 0 Å². The first-order valence-electron chi connectivity index (χ1n) is 7.13. The lowest BCUT2D eigenvalue weighted by atomic mass is 9.83. The van der Waals surface area contributed by atoms with Crippen molar-refractivity contribution in [2.24, 2.45) is 5.92 Å². The highest BCUT2D eigenvalue weighted by Gasteiger charge is 2.17. The van der Waals surface area contributed by atoms with Gasteiger partial charge in [0.1, 0.15) is 11.5 Å². The van der Waals surface area contributed by atoms with Crippen LogP contribution in [0.1, 0.15) is 49.5 Å². The lowest BCUT2D eigenvalue weighted by molar-refractivity contribution is 0.0943. The van der Waals surface area contributed by atoms with Crippen LogP contribution in [0.5, 0.6) is 0 Å². The van der Waals surface area contributed by atoms with Crippen molar-refractivity contribution in [2.45, 2.75) is 39.0 Å². The highest BCUT2D eigenvalue weighted by Crippen LogP contribution is 2.28. The summed E-state index contributed by atoms with van der Waals surface area (Å²) >= 11 is 0. The van der Waals surface area contributed by atoms with Crippen molar-refractivity contribution in [3.05, 3.63) is 18.1 Å². The fourth-order valence-electron chi connectivity index (χ4n) is 2.05. The van der Waals surface area contributed by atoms with Crippen LogP contribution in [-0.4, -0.2) is 29.0 Å². The summed E-state index contributed by atoms with van der Waals surface area (Å²) in [7, 11) is 0. The van der Waals surface area contributed by atoms with E-state index in [0.717, 1.165) is 31.8 Å². The van der Waals surface area contributed by atoms with Crippen molar-refractivity contribution in [2.75, 3.05) is 18.4 Å². The molecule has 0 aromatic carbocycles. The second kappa shape index (κ2) is 7.07. The van der Waals surface area contributed by atoms with Crippen molar-refractivity contribution in [1.29, 1.82) is 0 Å². The Kier molecular flexibility index (Phi) is 5.12. The predicted molar refractivity (Wildman–Crippen MR) is 75.1 cm³/mol. The number of aromatic nitrogens is 2. The maximum atomic E-state index is 11.8. The first-order chi connectivity index (χ1) is 9.29. The highest BCUT2D eigenvalue weighted by molar-refractivity contribution is 5.91. The normalized spacial score (nSPS) is 14.8. The molecule has 0 atom stereocenters. The second-order valence-electron chi connectivity index (χ2n) is 5.06. The fourth-order valence-corrected chi connectivity index (χ4v) is 2.05. The zero-order valence-corrected chi connectivity index (χ0v) is 11.5. The van der Waals surface area contributed by atoms with Crippen LogP contribution >= 0.6 is 0 Å². The molecular formula is C14H22N4O. The third kappa shape index (κ3) is 4.19. The lowest BCUT2D eigenvalue weighted by Crippen LogP contribution is -2.28. The Balaban J connectivity index is 1.74. The Bertz CT molecular complexity index is 400. The number of nitrogens with zero attached hydrogens (tertiary/aromatic N) is 2. The predicted octanol–water partition coefficient (Wildman–Crippen LogP) is 2.22. The van der Waals surface area contributed by atoms with Gasteiger partial charge in [-0.3, -0.25) is 4.79 Å². The van der Waals surface area contributed by atoms with Gasteiger partial charge in [-0.05, 0) is 18.8 Å². The molecule has 1 heterocycles. The van der Waals surface area contributed by atoms with Crippen molar-refractivity contribution >= 4 is 11.7 Å². The van der Waals surface area contributed by atoms with Crippen molar-refractivity contribution < 1.29 is 4.79 Å². The first kappa shape index (κ1) is 13.8. The molecule has 5 nitrogen and oxygen atoms in total. The zero-order valence-electron chi connectivity index (χ0n) is 11.5. The van der Waals surface area contributed by atoms with Gasteiger partial charge >= 0.3 is 0 Å². The average molecular weight is 262 g/mol. The number of anilines is 1. The van der Waals surface area contributed by atoms with Gasteiger partial charge in [-0.25, -0.2) is 9.97 Å². The molecule has 0 bridgehead atoms. The van der Waals surface area contributed by atoms with Crippen LogP contribution in [0.2, 0.25) is 0 Å². The molecule has 0 unspecified atom stereocenters. The topological polar surface area (TPSA) is 66.9 Å². The van der Waals surface area contributed by atoms with E-state index in [0.29, 0.717) is 11.5 Å². The van der Waals surface area contributed by atoms with E-state index in [-0.39, 0.29) is 5.91 Å². The Hall–Kier alpha value is -1.65. The van der Waals surface area contributed by atoms with Crippen LogP contribution in [0.4, 0.5) is 5.82 Å². The maximum Gasteiger partial charge on any atom is 0.271 e. The second-order valence-corrected chi connectivity index (χ2v) is 5.06. The van der Waals surface area contributed by atoms with Crippen molar-refractivity contribution in [3.63, 3.8) is 0 Å². The molecule has 5 heteroatoms. The third-order valence-corrected chi connectivity index (χ3v) is 3.50. The van der Waals surface area contributed by atoms with Gasteiger partial charge in [-0.2, -0.15) is 0 Å². The van der Waals surface area contributed by atoms with Crippen LogP contribution in [0.3, 0.4) is 0 Å². The first-order valence-corrected chi connectivity index (χ1v) is 7.13. The minimum atomic E-state index is -0.131. The minimum absolute atomic E-state index is 0.131. The highest BCUT2D eigenvalue weighted by atomic mass is 16.1. The van der Waals surface area contributed by atoms with E-state index in [1.165, 1.54) is 25.5 Å². The molecule has 0 spiro atoms. The van der Waals surface area contributed by atoms with E-state index < -0.39 is 0 Å². The molecule has 1 aliphatic rings. The van der Waals surface area contributed by atoms with Crippen LogP contribution in [0, 0.1) is 5.92 Å². The number of carbonyl (C=O) groups excluding carboxylic acids is 1. The van der Waals surface area contributed by atoms with Crippen molar-refractivity contribution in [1.82, 2.24) is 15.3 Å². The molecule has 1 saturated carbocycles. The van der Waals surface area contributed by atoms with E-state index in [1.807, 2.05) is 0 Å². The van der Waals surface area contributed by atoms with Gasteiger partial charge < -0.3 is 10.6 Å². The van der Waals surface area contributed by atoms with Gasteiger partial charge in [-0.1, -0.05) is 26.2 Å². The minimum Gasteiger partial charge on any atom is -0.369 e. The van der Waals surface area contributed by atoms with E-state index in [1.54, 1.807) is 6.20 Å². The number of amides is 1. The summed E-state index contributed by atoms with van der Waals surface area (Å²) in [6.45, 7) is 3.69. The molecule has 2 rings (SSSR count). The smallest absolute Gasteiger partial charge is 0.271 e. The summed E-state index contributed by atoms with van der Waals surface area (Å²) in [6.07, 6.45) is 9.21. The molecule has 1 aliphatic carbocycles. The number of rotatable bonds is 7. The number of nitrogens with one attached hydrogen (secondary N) is 2. The number of carbonyl (C=O) groups is 1. The molecule has 1 aromatic heterocycles. The van der Waals surface area contributed by atoms with Crippen LogP contribution in [0.25, 0.3) is 0 Å². The number of hydrogen-bond donors (Lipinski definition) is 2. The average Bonchev–Trinajstić information content (AvgIpc) is 2.39. The fraction of sp³-hybridized carbons (Fsp3) is 0.643. The SMILES string of the molecule is CCCNc1cnc(C(=O)NCCC2CCC2)cn1. The van der Waals surface area contributed by atoms with Gasteiger partial charge in [0.15, 0.2) is 0 Å². The van der Waals surface area contributed by atoms with Crippen molar-refractivity contribution in [3.8, 4) is 0 Å². The Labute approximate surface area is 114 Å². The van der Waals surface area contributed by atoms with E-state index in [4.69, 9.17) is 0 Å². The largest absolute Gasteiger partial charge is 0.369 e. The van der Waals surface area contributed by atoms with E-state index in [2.05, 4.69) is 27.5 Å². The van der Waals surface area contributed by atoms with Gasteiger partial charge in [-0.15, -0.1) is 0 Å². The summed E-state index contributed by atoms with van der Waals surface area (Å²) in [5, 5.41) is 6.03. The summed E-state index contributed by atoms with van der Waals surface area (Å²) < 4.78 is 0. The molecule has 0 aliphatic heterocycles. The van der Waals surface area contributed by atoms with Crippen LogP contribution in [0.15, 0.2) is 12.4 Å². The summed E-state index contributed by atoms with van der Waals surface area (Å²) in [5.41, 5.74) is 0.385. The van der Waals surface area contributed by atoms with Gasteiger partial charge in [0.2, 0.25) is 0 Å². The maximum absolute atomic E-state index is 11.8. The van der Waals surface area contributed by atoms with Crippen LogP contribution < -0.4 is 10.6 Å². The molecule has 2 N–H and O–H groups in total. The third-order valence-electron chi connectivity index (χ3n) is 3.50. The van der Waals surface area contributed by atoms with Gasteiger partial charge in [0.25, 0.3) is 5.91 Å². The Morgan fingerprint density at radius 2 is 2.16 bits per heavy atom. The van der Waals surface area contributed by atoms with Gasteiger partial charge in [0, 0.05) is 13.1 Å². The Morgan fingerprint density at radius 1 is 1.32 bits per heavy atom. The monoisotopic (exact) mass is 262 g/mol. The molecule has 104 valence electrons. The quantitative estimate of drug-likeness (QED) is 0.790. The zero-order chi connectivity index (χ0) is 13.5. The summed E-state index contributed by atoms with van der Waals surface area (Å²) in [4.78, 5) is 20.1. The molecule has 0 radical (unpaired) electrons. The summed E-state index contributed by atoms with van der Waals surface area (Å²) in [6, 6.07) is 0. The Morgan fingerprint density at radius 3 is 2.74 bits per heavy atom. The van der Waals surface area contributed by atoms with Crippen LogP contribution in [-0.2, 0) is 0 Å². The standard InChI is InChI=1S/C14H22N4O/c1-2-7-15-13-10-17-12(9-18-13)14(19)16-8-6-11-4-3-5-11/h9-11H,2-8H2,1H3,(H,15,18)(H,16,19). The molecule has 19 heavy (non-hydrogen) atoms. The molecule has 1 amide bonds. The molecular weight excluding hydrogens is 240 g/mol. The molecule has 0 saturated heterocycles. The van der Waals surface area contributed by atoms with Gasteiger partial charge in [0.05, 0.1) is 12.4 Å². The molecule has 1 fully saturated rings.